The van der Waals surface area contributed by atoms with Gasteiger partial charge in [0.15, 0.2) is 5.58 Å². The molecule has 26 heavy (non-hydrogen) atoms. The summed E-state index contributed by atoms with van der Waals surface area (Å²) in [7, 11) is 0. The fraction of sp³-hybridized carbons (Fsp3) is 0.450. The molecule has 1 aliphatic heterocycles. The zero-order valence-electron chi connectivity index (χ0n) is 15.3. The Morgan fingerprint density at radius 3 is 2.38 bits per heavy atom. The van der Waals surface area contributed by atoms with Crippen LogP contribution in [-0.4, -0.2) is 41.1 Å². The molecule has 0 N–H and O–H groups in total. The third kappa shape index (κ3) is 2.69. The fourth-order valence-electron chi connectivity index (χ4n) is 3.57. The number of hydrogen-bond acceptors (Lipinski definition) is 6. The van der Waals surface area contributed by atoms with Crippen molar-refractivity contribution in [3.8, 4) is 0 Å². The van der Waals surface area contributed by atoms with E-state index in [2.05, 4.69) is 28.6 Å². The second-order valence-corrected chi connectivity index (χ2v) is 7.33. The van der Waals surface area contributed by atoms with Crippen LogP contribution < -0.4 is 9.80 Å². The first-order valence-corrected chi connectivity index (χ1v) is 9.39. The molecule has 0 atom stereocenters. The molecule has 2 fully saturated rings. The van der Waals surface area contributed by atoms with E-state index in [1.165, 1.54) is 18.4 Å². The highest BCUT2D eigenvalue weighted by Gasteiger charge is 2.29. The average molecular weight is 349 g/mol. The Hall–Kier alpha value is -2.63. The number of nitrogens with zero attached hydrogens (tertiary/aromatic N) is 5. The summed E-state index contributed by atoms with van der Waals surface area (Å²) in [6.45, 7) is 7.83. The predicted molar refractivity (Wildman–Crippen MR) is 102 cm³/mol. The van der Waals surface area contributed by atoms with Crippen molar-refractivity contribution in [1.82, 2.24) is 15.0 Å². The van der Waals surface area contributed by atoms with Crippen LogP contribution in [0.2, 0.25) is 0 Å². The van der Waals surface area contributed by atoms with Gasteiger partial charge in [-0.05, 0) is 38.8 Å². The minimum Gasteiger partial charge on any atom is -0.423 e. The van der Waals surface area contributed by atoms with Crippen LogP contribution in [0, 0.1) is 13.8 Å². The van der Waals surface area contributed by atoms with Gasteiger partial charge in [-0.1, -0.05) is 12.1 Å². The van der Waals surface area contributed by atoms with Crippen LogP contribution in [0.15, 0.2) is 28.7 Å². The molecular formula is C20H23N5O. The van der Waals surface area contributed by atoms with Crippen LogP contribution in [0.25, 0.3) is 11.1 Å². The minimum absolute atomic E-state index is 0.578. The number of piperazine rings is 1. The largest absolute Gasteiger partial charge is 0.423 e. The number of rotatable bonds is 3. The van der Waals surface area contributed by atoms with Gasteiger partial charge in [-0.15, -0.1) is 0 Å². The third-order valence-electron chi connectivity index (χ3n) is 5.46. The first-order chi connectivity index (χ1) is 12.7. The zero-order chi connectivity index (χ0) is 17.7. The lowest BCUT2D eigenvalue weighted by Crippen LogP contribution is -2.47. The van der Waals surface area contributed by atoms with Crippen molar-refractivity contribution in [2.75, 3.05) is 36.0 Å². The van der Waals surface area contributed by atoms with Gasteiger partial charge in [0.2, 0.25) is 0 Å². The van der Waals surface area contributed by atoms with Crippen molar-refractivity contribution in [3.05, 3.63) is 41.3 Å². The summed E-state index contributed by atoms with van der Waals surface area (Å²) in [4.78, 5) is 18.8. The number of aryl methyl sites for hydroxylation is 1. The van der Waals surface area contributed by atoms with Crippen LogP contribution in [0.5, 0.6) is 0 Å². The number of aromatic nitrogens is 3. The lowest BCUT2D eigenvalue weighted by Gasteiger charge is -2.35. The number of anilines is 2. The van der Waals surface area contributed by atoms with Crippen LogP contribution in [-0.2, 0) is 0 Å². The van der Waals surface area contributed by atoms with Crippen molar-refractivity contribution in [2.45, 2.75) is 32.6 Å². The van der Waals surface area contributed by atoms with Gasteiger partial charge in [0.25, 0.3) is 6.01 Å². The van der Waals surface area contributed by atoms with Crippen molar-refractivity contribution in [3.63, 3.8) is 0 Å². The Labute approximate surface area is 152 Å². The van der Waals surface area contributed by atoms with Gasteiger partial charge in [0, 0.05) is 43.4 Å². The highest BCUT2D eigenvalue weighted by molar-refractivity contribution is 5.74. The molecule has 3 aromatic rings. The molecule has 1 saturated heterocycles. The van der Waals surface area contributed by atoms with Crippen LogP contribution in [0.3, 0.4) is 0 Å². The van der Waals surface area contributed by atoms with E-state index in [4.69, 9.17) is 14.4 Å². The van der Waals surface area contributed by atoms with Crippen molar-refractivity contribution in [1.29, 1.82) is 0 Å². The summed E-state index contributed by atoms with van der Waals surface area (Å²) < 4.78 is 5.92. The number of oxazole rings is 1. The lowest BCUT2D eigenvalue weighted by atomic mass is 10.2. The van der Waals surface area contributed by atoms with Crippen molar-refractivity contribution < 1.29 is 4.42 Å². The molecule has 0 amide bonds. The Morgan fingerprint density at radius 1 is 0.923 bits per heavy atom. The number of fused-ring (bicyclic) bond motifs is 1. The molecule has 0 unspecified atom stereocenters. The highest BCUT2D eigenvalue weighted by Crippen LogP contribution is 2.39. The number of hydrogen-bond donors (Lipinski definition) is 0. The number of para-hydroxylation sites is 2. The van der Waals surface area contributed by atoms with E-state index in [1.807, 2.05) is 24.3 Å². The Bertz CT molecular complexity index is 921. The second-order valence-electron chi connectivity index (χ2n) is 7.33. The smallest absolute Gasteiger partial charge is 0.298 e. The molecule has 1 aliphatic carbocycles. The van der Waals surface area contributed by atoms with Crippen molar-refractivity contribution >= 4 is 22.9 Å². The van der Waals surface area contributed by atoms with E-state index < -0.39 is 0 Å². The maximum Gasteiger partial charge on any atom is 0.298 e. The molecule has 0 bridgehead atoms. The lowest BCUT2D eigenvalue weighted by molar-refractivity contribution is 0.539. The normalized spacial score (nSPS) is 17.9. The maximum atomic E-state index is 5.92. The summed E-state index contributed by atoms with van der Waals surface area (Å²) in [6, 6.07) is 8.65. The van der Waals surface area contributed by atoms with Crippen molar-refractivity contribution in [2.24, 2.45) is 0 Å². The van der Waals surface area contributed by atoms with Gasteiger partial charge in [-0.2, -0.15) is 4.98 Å². The summed E-state index contributed by atoms with van der Waals surface area (Å²) in [5.41, 5.74) is 4.07. The van der Waals surface area contributed by atoms with E-state index in [1.54, 1.807) is 0 Å². The Balaban J connectivity index is 1.35. The van der Waals surface area contributed by atoms with Gasteiger partial charge >= 0.3 is 0 Å². The van der Waals surface area contributed by atoms with E-state index in [9.17, 15) is 0 Å². The fourth-order valence-corrected chi connectivity index (χ4v) is 3.57. The van der Waals surface area contributed by atoms with Crippen LogP contribution in [0.4, 0.5) is 11.8 Å². The van der Waals surface area contributed by atoms with Gasteiger partial charge in [-0.3, -0.25) is 0 Å². The Morgan fingerprint density at radius 2 is 1.65 bits per heavy atom. The molecule has 2 aliphatic rings. The average Bonchev–Trinajstić information content (AvgIpc) is 3.42. The first-order valence-electron chi connectivity index (χ1n) is 9.39. The van der Waals surface area contributed by atoms with E-state index in [0.29, 0.717) is 5.92 Å². The molecule has 2 aromatic heterocycles. The van der Waals surface area contributed by atoms with Crippen LogP contribution >= 0.6 is 0 Å². The van der Waals surface area contributed by atoms with E-state index in [-0.39, 0.29) is 0 Å². The molecule has 134 valence electrons. The first kappa shape index (κ1) is 15.6. The quantitative estimate of drug-likeness (QED) is 0.722. The third-order valence-corrected chi connectivity index (χ3v) is 5.46. The van der Waals surface area contributed by atoms with Gasteiger partial charge in [0.1, 0.15) is 17.2 Å². The SMILES string of the molecule is Cc1nc(C2CC2)nc(N2CCN(c3nc4ccccc4o3)CC2)c1C. The van der Waals surface area contributed by atoms with E-state index in [0.717, 1.165) is 60.6 Å². The molecular weight excluding hydrogens is 326 g/mol. The second kappa shape index (κ2) is 5.97. The maximum absolute atomic E-state index is 5.92. The van der Waals surface area contributed by atoms with E-state index >= 15 is 0 Å². The molecule has 3 heterocycles. The summed E-state index contributed by atoms with van der Waals surface area (Å²) in [6.07, 6.45) is 2.46. The molecule has 0 radical (unpaired) electrons. The minimum atomic E-state index is 0.578. The molecule has 6 nitrogen and oxygen atoms in total. The molecule has 5 rings (SSSR count). The summed E-state index contributed by atoms with van der Waals surface area (Å²) >= 11 is 0. The molecule has 0 spiro atoms. The standard InChI is InChI=1S/C20H23N5O/c1-13-14(2)21-18(15-7-8-15)23-19(13)24-9-11-25(12-10-24)20-22-16-5-3-4-6-17(16)26-20/h3-6,15H,7-12H2,1-2H3. The summed E-state index contributed by atoms with van der Waals surface area (Å²) in [5, 5.41) is 0. The zero-order valence-corrected chi connectivity index (χ0v) is 15.3. The molecule has 1 saturated carbocycles. The van der Waals surface area contributed by atoms with Crippen LogP contribution in [0.1, 0.15) is 35.8 Å². The van der Waals surface area contributed by atoms with Gasteiger partial charge < -0.3 is 14.2 Å². The van der Waals surface area contributed by atoms with Gasteiger partial charge in [-0.25, -0.2) is 9.97 Å². The monoisotopic (exact) mass is 349 g/mol. The predicted octanol–water partition coefficient (Wildman–Crippen LogP) is 3.44. The summed E-state index contributed by atoms with van der Waals surface area (Å²) in [5.74, 6) is 2.72. The molecule has 1 aromatic carbocycles. The Kier molecular flexibility index (Phi) is 3.58. The topological polar surface area (TPSA) is 58.3 Å². The van der Waals surface area contributed by atoms with Gasteiger partial charge in [0.05, 0.1) is 0 Å². The molecule has 6 heteroatoms. The number of benzene rings is 1. The highest BCUT2D eigenvalue weighted by atomic mass is 16.4.